The van der Waals surface area contributed by atoms with Crippen LogP contribution in [0.25, 0.3) is 0 Å². The van der Waals surface area contributed by atoms with Crippen LogP contribution in [0.3, 0.4) is 0 Å². The van der Waals surface area contributed by atoms with Crippen molar-refractivity contribution in [1.29, 1.82) is 0 Å². The summed E-state index contributed by atoms with van der Waals surface area (Å²) in [5.41, 5.74) is 0.696. The lowest BCUT2D eigenvalue weighted by Crippen LogP contribution is -2.31. The molecule has 0 saturated carbocycles. The third-order valence-corrected chi connectivity index (χ3v) is 4.48. The van der Waals surface area contributed by atoms with Crippen molar-refractivity contribution in [3.63, 3.8) is 0 Å². The van der Waals surface area contributed by atoms with Crippen molar-refractivity contribution in [3.8, 4) is 0 Å². The van der Waals surface area contributed by atoms with Crippen molar-refractivity contribution in [2.24, 2.45) is 5.14 Å². The Morgan fingerprint density at radius 3 is 2.23 bits per heavy atom. The van der Waals surface area contributed by atoms with E-state index in [4.69, 9.17) is 14.3 Å². The third kappa shape index (κ3) is 3.37. The molecule has 0 atom stereocenters. The maximum Gasteiger partial charge on any atom is 0.374 e. The number of hydrogen-bond acceptors (Lipinski definition) is 7. The van der Waals surface area contributed by atoms with E-state index in [0.29, 0.717) is 11.1 Å². The number of nitrogens with two attached hydrogens (primary N) is 1. The number of hydrogen-bond donors (Lipinski definition) is 1. The van der Waals surface area contributed by atoms with Gasteiger partial charge in [-0.1, -0.05) is 12.1 Å². The Hall–Kier alpha value is -2.98. The fourth-order valence-corrected chi connectivity index (χ4v) is 2.95. The highest BCUT2D eigenvalue weighted by molar-refractivity contribution is 7.89. The molecule has 0 spiro atoms. The summed E-state index contributed by atoms with van der Waals surface area (Å²) in [4.78, 5) is 37.2. The Balaban J connectivity index is 1.52. The summed E-state index contributed by atoms with van der Waals surface area (Å²) in [6.07, 6.45) is 0.222. The molecule has 3 rings (SSSR count). The first-order chi connectivity index (χ1) is 12.3. The molecule has 0 saturated heterocycles. The highest BCUT2D eigenvalue weighted by Crippen LogP contribution is 2.22. The van der Waals surface area contributed by atoms with Gasteiger partial charge in [0, 0.05) is 6.54 Å². The molecule has 2 aromatic rings. The topological polar surface area (TPSA) is 137 Å². The Kier molecular flexibility index (Phi) is 4.62. The average molecular weight is 378 g/mol. The van der Waals surface area contributed by atoms with Gasteiger partial charge in [-0.05, 0) is 30.7 Å². The molecule has 0 unspecified atom stereocenters. The molecule has 0 radical (unpaired) electrons. The van der Waals surface area contributed by atoms with Crippen LogP contribution in [0.2, 0.25) is 0 Å². The Labute approximate surface area is 148 Å². The zero-order valence-electron chi connectivity index (χ0n) is 13.4. The largest absolute Gasteiger partial charge is 0.460 e. The first-order valence-corrected chi connectivity index (χ1v) is 9.08. The smallest absolute Gasteiger partial charge is 0.374 e. The maximum atomic E-state index is 12.2. The number of rotatable bonds is 6. The lowest BCUT2D eigenvalue weighted by atomic mass is 10.1. The van der Waals surface area contributed by atoms with Gasteiger partial charge >= 0.3 is 5.97 Å². The zero-order chi connectivity index (χ0) is 18.9. The van der Waals surface area contributed by atoms with Crippen molar-refractivity contribution in [1.82, 2.24) is 4.90 Å². The number of sulfonamides is 1. The van der Waals surface area contributed by atoms with Crippen LogP contribution in [0.1, 0.15) is 37.7 Å². The molecule has 0 aliphatic carbocycles. The van der Waals surface area contributed by atoms with Crippen LogP contribution >= 0.6 is 0 Å². The number of carbonyl (C=O) groups excluding carboxylic acids is 3. The van der Waals surface area contributed by atoms with Gasteiger partial charge in [-0.15, -0.1) is 0 Å². The number of nitrogens with zero attached hydrogens (tertiary/aromatic N) is 1. The van der Waals surface area contributed by atoms with E-state index in [1.54, 1.807) is 24.3 Å². The monoisotopic (exact) mass is 378 g/mol. The minimum Gasteiger partial charge on any atom is -0.460 e. The molecule has 0 fully saturated rings. The minimum absolute atomic E-state index is 0.0835. The number of furan rings is 1. The van der Waals surface area contributed by atoms with Crippen LogP contribution in [-0.2, 0) is 14.8 Å². The van der Waals surface area contributed by atoms with Gasteiger partial charge in [-0.2, -0.15) is 0 Å². The molecular weight excluding hydrogens is 364 g/mol. The number of ether oxygens (including phenoxy) is 1. The van der Waals surface area contributed by atoms with Crippen LogP contribution in [0, 0.1) is 0 Å². The van der Waals surface area contributed by atoms with Crippen molar-refractivity contribution >= 4 is 27.8 Å². The summed E-state index contributed by atoms with van der Waals surface area (Å²) < 4.78 is 31.9. The fourth-order valence-electron chi connectivity index (χ4n) is 2.48. The van der Waals surface area contributed by atoms with E-state index in [9.17, 15) is 22.8 Å². The van der Waals surface area contributed by atoms with Crippen molar-refractivity contribution < 1.29 is 32.0 Å². The summed E-state index contributed by atoms with van der Waals surface area (Å²) >= 11 is 0. The van der Waals surface area contributed by atoms with E-state index in [1.165, 1.54) is 0 Å². The first-order valence-electron chi connectivity index (χ1n) is 7.54. The predicted molar refractivity (Wildman–Crippen MR) is 86.8 cm³/mol. The Bertz CT molecular complexity index is 959. The second-order valence-corrected chi connectivity index (χ2v) is 6.95. The van der Waals surface area contributed by atoms with Crippen LogP contribution in [0.4, 0.5) is 0 Å². The highest BCUT2D eigenvalue weighted by atomic mass is 32.2. The molecule has 2 N–H and O–H groups in total. The van der Waals surface area contributed by atoms with Crippen LogP contribution in [0.15, 0.2) is 45.9 Å². The molecule has 2 heterocycles. The number of benzene rings is 1. The predicted octanol–water partition coefficient (Wildman–Crippen LogP) is 0.770. The normalized spacial score (nSPS) is 13.8. The lowest BCUT2D eigenvalue weighted by molar-refractivity contribution is 0.0443. The molecule has 26 heavy (non-hydrogen) atoms. The number of imide groups is 1. The minimum atomic E-state index is -4.05. The summed E-state index contributed by atoms with van der Waals surface area (Å²) in [7, 11) is -4.05. The van der Waals surface area contributed by atoms with Crippen LogP contribution in [0.5, 0.6) is 0 Å². The van der Waals surface area contributed by atoms with E-state index in [0.717, 1.165) is 17.0 Å². The maximum absolute atomic E-state index is 12.2. The molecule has 136 valence electrons. The van der Waals surface area contributed by atoms with Crippen molar-refractivity contribution in [2.45, 2.75) is 11.5 Å². The molecular formula is C16H14N2O7S. The molecule has 10 heteroatoms. The van der Waals surface area contributed by atoms with Gasteiger partial charge < -0.3 is 9.15 Å². The molecule has 0 bridgehead atoms. The van der Waals surface area contributed by atoms with Crippen LogP contribution < -0.4 is 5.14 Å². The van der Waals surface area contributed by atoms with Gasteiger partial charge in [0.1, 0.15) is 0 Å². The van der Waals surface area contributed by atoms with Crippen molar-refractivity contribution in [3.05, 3.63) is 53.3 Å². The zero-order valence-corrected chi connectivity index (χ0v) is 14.2. The molecule has 9 nitrogen and oxygen atoms in total. The van der Waals surface area contributed by atoms with Gasteiger partial charge in [-0.25, -0.2) is 18.4 Å². The summed E-state index contributed by atoms with van der Waals surface area (Å²) in [6, 6.07) is 8.69. The average Bonchev–Trinajstić information content (AvgIpc) is 3.18. The fraction of sp³-hybridized carbons (Fsp3) is 0.188. The third-order valence-electron chi connectivity index (χ3n) is 3.70. The van der Waals surface area contributed by atoms with E-state index in [-0.39, 0.29) is 37.1 Å². The Morgan fingerprint density at radius 2 is 1.69 bits per heavy atom. The molecule has 1 aromatic carbocycles. The van der Waals surface area contributed by atoms with Gasteiger partial charge in [0.25, 0.3) is 21.8 Å². The molecule has 2 amide bonds. The highest BCUT2D eigenvalue weighted by Gasteiger charge is 2.34. The molecule has 1 aliphatic heterocycles. The van der Waals surface area contributed by atoms with E-state index >= 15 is 0 Å². The first kappa shape index (κ1) is 17.8. The molecule has 1 aliphatic rings. The van der Waals surface area contributed by atoms with Crippen LogP contribution in [-0.4, -0.2) is 44.3 Å². The number of fused-ring (bicyclic) bond motifs is 1. The van der Waals surface area contributed by atoms with Gasteiger partial charge in [0.2, 0.25) is 10.9 Å². The lowest BCUT2D eigenvalue weighted by Gasteiger charge is -2.13. The van der Waals surface area contributed by atoms with E-state index < -0.39 is 21.1 Å². The van der Waals surface area contributed by atoms with Gasteiger partial charge in [0.05, 0.1) is 17.7 Å². The second-order valence-electron chi connectivity index (χ2n) is 5.46. The second kappa shape index (κ2) is 6.73. The number of amides is 2. The summed E-state index contributed by atoms with van der Waals surface area (Å²) in [6.45, 7) is -0.00213. The number of carbonyl (C=O) groups is 3. The summed E-state index contributed by atoms with van der Waals surface area (Å²) in [5, 5.41) is 4.34. The number of esters is 1. The SMILES string of the molecule is NS(=O)(=O)c1ccc(C(=O)OCCCN2C(=O)c3ccccc3C2=O)o1. The quantitative estimate of drug-likeness (QED) is 0.445. The standard InChI is InChI=1S/C16H14N2O7S/c17-26(22,23)13-7-6-12(25-13)16(21)24-9-3-8-18-14(19)10-4-1-2-5-11(10)15(18)20/h1-2,4-7H,3,8-9H2,(H2,17,22,23). The number of primary sulfonamides is 1. The van der Waals surface area contributed by atoms with E-state index in [2.05, 4.69) is 0 Å². The van der Waals surface area contributed by atoms with E-state index in [1.807, 2.05) is 0 Å². The van der Waals surface area contributed by atoms with Gasteiger partial charge in [-0.3, -0.25) is 14.5 Å². The van der Waals surface area contributed by atoms with Gasteiger partial charge in [0.15, 0.2) is 0 Å². The van der Waals surface area contributed by atoms with Crippen molar-refractivity contribution in [2.75, 3.05) is 13.2 Å². The molecule has 1 aromatic heterocycles. The summed E-state index contributed by atoms with van der Waals surface area (Å²) in [5.74, 6) is -1.96. The Morgan fingerprint density at radius 1 is 1.08 bits per heavy atom.